The molecule has 4 rings (SSSR count). The van der Waals surface area contributed by atoms with Crippen molar-refractivity contribution in [1.82, 2.24) is 9.80 Å². The fourth-order valence-corrected chi connectivity index (χ4v) is 5.72. The molecule has 0 unspecified atom stereocenters. The molecule has 5 amide bonds. The van der Waals surface area contributed by atoms with E-state index in [9.17, 15) is 38.8 Å². The average molecular weight is 828 g/mol. The summed E-state index contributed by atoms with van der Waals surface area (Å²) < 4.78 is 27.2. The van der Waals surface area contributed by atoms with Crippen molar-refractivity contribution < 1.29 is 57.2 Å². The van der Waals surface area contributed by atoms with Crippen LogP contribution in [-0.4, -0.2) is 102 Å². The second kappa shape index (κ2) is 19.8. The van der Waals surface area contributed by atoms with E-state index in [2.05, 4.69) is 5.32 Å². The molecule has 1 fully saturated rings. The van der Waals surface area contributed by atoms with Crippen molar-refractivity contribution in [2.45, 2.75) is 85.0 Å². The van der Waals surface area contributed by atoms with Crippen LogP contribution in [0, 0.1) is 11.3 Å². The Morgan fingerprint density at radius 1 is 0.917 bits per heavy atom. The van der Waals surface area contributed by atoms with Crippen LogP contribution in [0.1, 0.15) is 75.5 Å². The van der Waals surface area contributed by atoms with Gasteiger partial charge in [0.1, 0.15) is 24.4 Å². The second-order valence-corrected chi connectivity index (χ2v) is 15.7. The average Bonchev–Trinajstić information content (AvgIpc) is 3.17. The number of ether oxygens (including phenoxy) is 5. The molecule has 17 nitrogen and oxygen atoms in total. The number of benzene rings is 3. The number of hydrogen-bond donors (Lipinski definition) is 1. The van der Waals surface area contributed by atoms with Gasteiger partial charge in [0.15, 0.2) is 6.10 Å². The molecular formula is C43H49N5O12. The molecule has 0 radical (unpaired) electrons. The minimum absolute atomic E-state index is 0.0216. The lowest BCUT2D eigenvalue weighted by Gasteiger charge is -2.35. The lowest BCUT2D eigenvalue weighted by molar-refractivity contribution is -0.167. The minimum Gasteiger partial charge on any atom is -0.459 e. The highest BCUT2D eigenvalue weighted by Crippen LogP contribution is 2.26. The first kappa shape index (κ1) is 45.9. The zero-order valence-corrected chi connectivity index (χ0v) is 34.8. The predicted molar refractivity (Wildman–Crippen MR) is 215 cm³/mol. The van der Waals surface area contributed by atoms with Gasteiger partial charge in [-0.15, -0.1) is 0 Å². The van der Waals surface area contributed by atoms with Crippen LogP contribution in [0.2, 0.25) is 0 Å². The molecule has 0 aliphatic carbocycles. The van der Waals surface area contributed by atoms with Gasteiger partial charge in [0.2, 0.25) is 6.10 Å². The topological polar surface area (TPSA) is 211 Å². The quantitative estimate of drug-likeness (QED) is 0.181. The third-order valence-corrected chi connectivity index (χ3v) is 8.36. The molecule has 1 saturated heterocycles. The lowest BCUT2D eigenvalue weighted by atomic mass is 10.1. The summed E-state index contributed by atoms with van der Waals surface area (Å²) >= 11 is 0. The summed E-state index contributed by atoms with van der Waals surface area (Å²) in [5.41, 5.74) is -0.515. The maximum absolute atomic E-state index is 14.0. The summed E-state index contributed by atoms with van der Waals surface area (Å²) in [5, 5.41) is 12.5. The maximum atomic E-state index is 14.0. The molecule has 2 atom stereocenters. The summed E-state index contributed by atoms with van der Waals surface area (Å²) in [5.74, 6) is -3.76. The molecule has 0 spiro atoms. The second-order valence-electron chi connectivity index (χ2n) is 15.7. The van der Waals surface area contributed by atoms with Gasteiger partial charge in [-0.2, -0.15) is 5.26 Å². The van der Waals surface area contributed by atoms with E-state index in [-0.39, 0.29) is 54.4 Å². The zero-order valence-electron chi connectivity index (χ0n) is 34.8. The first-order valence-corrected chi connectivity index (χ1v) is 18.9. The molecule has 1 heterocycles. The summed E-state index contributed by atoms with van der Waals surface area (Å²) in [7, 11) is 1.44. The molecule has 0 bridgehead atoms. The summed E-state index contributed by atoms with van der Waals surface area (Å²) in [6, 6.07) is 21.2. The van der Waals surface area contributed by atoms with E-state index in [4.69, 9.17) is 23.7 Å². The number of nitrogens with zero attached hydrogens (tertiary/aromatic N) is 4. The van der Waals surface area contributed by atoms with Gasteiger partial charge in [0, 0.05) is 37.5 Å². The van der Waals surface area contributed by atoms with Gasteiger partial charge in [-0.05, 0) is 89.1 Å². The van der Waals surface area contributed by atoms with E-state index in [0.29, 0.717) is 4.90 Å². The van der Waals surface area contributed by atoms with Gasteiger partial charge in [-0.3, -0.25) is 24.0 Å². The molecule has 17 heteroatoms. The van der Waals surface area contributed by atoms with Gasteiger partial charge in [0.05, 0.1) is 24.8 Å². The van der Waals surface area contributed by atoms with Crippen molar-refractivity contribution in [2.24, 2.45) is 0 Å². The van der Waals surface area contributed by atoms with Crippen LogP contribution in [0.4, 0.5) is 21.0 Å². The van der Waals surface area contributed by atoms with Crippen molar-refractivity contribution in [3.63, 3.8) is 0 Å². The Balaban J connectivity index is 1.52. The van der Waals surface area contributed by atoms with Gasteiger partial charge in [0.25, 0.3) is 17.7 Å². The largest absolute Gasteiger partial charge is 0.459 e. The fourth-order valence-electron chi connectivity index (χ4n) is 5.72. The molecule has 1 aliphatic heterocycles. The number of amides is 5. The van der Waals surface area contributed by atoms with E-state index in [1.54, 1.807) is 65.8 Å². The van der Waals surface area contributed by atoms with Crippen LogP contribution in [-0.2, 0) is 56.0 Å². The lowest BCUT2D eigenvalue weighted by Crippen LogP contribution is -2.56. The number of carbonyl (C=O) groups is 7. The van der Waals surface area contributed by atoms with Gasteiger partial charge in [-0.25, -0.2) is 14.5 Å². The number of morpholine rings is 1. The molecular weight excluding hydrogens is 778 g/mol. The van der Waals surface area contributed by atoms with E-state index in [0.717, 1.165) is 12.5 Å². The number of carbonyl (C=O) groups excluding carboxylic acids is 7. The van der Waals surface area contributed by atoms with Crippen LogP contribution in [0.5, 0.6) is 0 Å². The molecule has 1 N–H and O–H groups in total. The fraction of sp³-hybridized carbons (Fsp3) is 0.395. The molecule has 1 aliphatic rings. The van der Waals surface area contributed by atoms with Crippen LogP contribution in [0.3, 0.4) is 0 Å². The van der Waals surface area contributed by atoms with Crippen molar-refractivity contribution in [1.29, 1.82) is 5.26 Å². The van der Waals surface area contributed by atoms with Crippen molar-refractivity contribution in [2.75, 3.05) is 37.0 Å². The number of esters is 2. The Kier molecular flexibility index (Phi) is 15.1. The highest BCUT2D eigenvalue weighted by molar-refractivity contribution is 6.05. The van der Waals surface area contributed by atoms with E-state index in [1.165, 1.54) is 47.2 Å². The van der Waals surface area contributed by atoms with Gasteiger partial charge >= 0.3 is 24.1 Å². The smallest absolute Gasteiger partial charge is 0.420 e. The van der Waals surface area contributed by atoms with E-state index < -0.39 is 71.8 Å². The van der Waals surface area contributed by atoms with Gasteiger partial charge < -0.3 is 38.8 Å². The Labute approximate surface area is 348 Å². The number of likely N-dealkylation sites (N-methyl/N-ethyl adjacent to an activating group) is 1. The number of imide groups is 1. The van der Waals surface area contributed by atoms with Crippen molar-refractivity contribution >= 4 is 53.2 Å². The van der Waals surface area contributed by atoms with Crippen LogP contribution in [0.15, 0.2) is 72.8 Å². The first-order valence-electron chi connectivity index (χ1n) is 18.9. The molecule has 318 valence electrons. The molecule has 3 aromatic carbocycles. The Morgan fingerprint density at radius 3 is 2.17 bits per heavy atom. The maximum Gasteiger partial charge on any atom is 0.420 e. The highest BCUT2D eigenvalue weighted by atomic mass is 16.6. The van der Waals surface area contributed by atoms with Crippen LogP contribution in [0.25, 0.3) is 0 Å². The summed E-state index contributed by atoms with van der Waals surface area (Å²) in [6.45, 7) is 9.90. The van der Waals surface area contributed by atoms with E-state index in [1.807, 2.05) is 24.3 Å². The highest BCUT2D eigenvalue weighted by Gasteiger charge is 2.43. The normalized spacial score (nSPS) is 14.5. The monoisotopic (exact) mass is 827 g/mol. The predicted octanol–water partition coefficient (Wildman–Crippen LogP) is 5.35. The molecule has 0 aromatic heterocycles. The number of rotatable bonds is 12. The Morgan fingerprint density at radius 2 is 1.57 bits per heavy atom. The van der Waals surface area contributed by atoms with Crippen molar-refractivity contribution in [3.05, 3.63) is 95.1 Å². The SMILES string of the molecule is CC(=O)O[C@@H](C(=O)Nc1ccc(C#N)c(CN(C(=O)OC(C)(C)C)C(=O)OC(C)(C)C)c1)[C@H]1OCCN(c2cccc(C(=O)N(C)CC(=O)OCc3ccccc3)c2)C1=O. The van der Waals surface area contributed by atoms with Gasteiger partial charge in [-0.1, -0.05) is 36.4 Å². The number of nitriles is 1. The summed E-state index contributed by atoms with van der Waals surface area (Å²) in [4.78, 5) is 95.4. The molecule has 0 saturated carbocycles. The number of anilines is 2. The van der Waals surface area contributed by atoms with Crippen molar-refractivity contribution in [3.8, 4) is 6.07 Å². The first-order chi connectivity index (χ1) is 28.1. The molecule has 60 heavy (non-hydrogen) atoms. The zero-order chi connectivity index (χ0) is 44.4. The minimum atomic E-state index is -1.81. The summed E-state index contributed by atoms with van der Waals surface area (Å²) in [6.07, 6.45) is -5.51. The standard InChI is InChI=1S/C43H49N5O12/c1-27(49)58-35(37(51)45-32-18-17-30(23-44)31(21-32)24-48(40(54)59-42(2,3)4)41(55)60-43(5,6)7)36-39(53)47(19-20-56-36)33-16-12-15-29(22-33)38(52)46(8)25-34(50)57-26-28-13-10-9-11-14-28/h9-18,21-22,35-36H,19-20,24-26H2,1-8H3,(H,45,51)/t35-,36-/m1/s1. The van der Waals surface area contributed by atoms with Crippen LogP contribution >= 0.6 is 0 Å². The third kappa shape index (κ3) is 13.1. The van der Waals surface area contributed by atoms with Crippen LogP contribution < -0.4 is 10.2 Å². The number of nitrogens with one attached hydrogen (secondary N) is 1. The van der Waals surface area contributed by atoms with E-state index >= 15 is 0 Å². The Hall–Kier alpha value is -6.80. The third-order valence-electron chi connectivity index (χ3n) is 8.36. The molecule has 3 aromatic rings. The Bertz CT molecular complexity index is 2110. The number of hydrogen-bond acceptors (Lipinski definition) is 13.